The molecule has 1 aromatic rings. The van der Waals surface area contributed by atoms with Crippen LogP contribution in [0.15, 0.2) is 30.3 Å². The Labute approximate surface area is 176 Å². The Morgan fingerprint density at radius 2 is 1.43 bits per heavy atom. The zero-order chi connectivity index (χ0) is 22.9. The molecule has 1 aromatic carbocycles. The fraction of sp³-hybridized carbons (Fsp3) is 0.524. The van der Waals surface area contributed by atoms with Crippen LogP contribution in [0.2, 0.25) is 0 Å². The maximum Gasteiger partial charge on any atom is 0.408 e. The van der Waals surface area contributed by atoms with Gasteiger partial charge in [-0.15, -0.1) is 0 Å². The van der Waals surface area contributed by atoms with Crippen molar-refractivity contribution in [2.24, 2.45) is 0 Å². The summed E-state index contributed by atoms with van der Waals surface area (Å²) in [7, 11) is 1.24. The Balaban J connectivity index is 2.64. The van der Waals surface area contributed by atoms with Crippen molar-refractivity contribution in [3.05, 3.63) is 35.9 Å². The van der Waals surface area contributed by atoms with Crippen LogP contribution in [0.3, 0.4) is 0 Å². The molecule has 1 rings (SSSR count). The highest BCUT2D eigenvalue weighted by Crippen LogP contribution is 2.07. The van der Waals surface area contributed by atoms with Gasteiger partial charge in [0.1, 0.15) is 23.7 Å². The van der Waals surface area contributed by atoms with Gasteiger partial charge in [0.15, 0.2) is 0 Å². The van der Waals surface area contributed by atoms with Crippen molar-refractivity contribution in [2.45, 2.75) is 64.8 Å². The highest BCUT2D eigenvalue weighted by atomic mass is 16.6. The topological polar surface area (TPSA) is 123 Å². The maximum absolute atomic E-state index is 12.5. The van der Waals surface area contributed by atoms with Crippen molar-refractivity contribution >= 4 is 23.9 Å². The molecular weight excluding hydrogens is 390 g/mol. The highest BCUT2D eigenvalue weighted by molar-refractivity contribution is 5.92. The normalized spacial score (nSPS) is 13.9. The van der Waals surface area contributed by atoms with Gasteiger partial charge in [0.2, 0.25) is 11.8 Å². The van der Waals surface area contributed by atoms with Crippen LogP contribution in [-0.2, 0) is 30.3 Å². The van der Waals surface area contributed by atoms with Crippen molar-refractivity contribution < 1.29 is 28.7 Å². The Hall–Kier alpha value is -3.10. The van der Waals surface area contributed by atoms with Crippen molar-refractivity contribution in [1.82, 2.24) is 16.0 Å². The predicted molar refractivity (Wildman–Crippen MR) is 111 cm³/mol. The smallest absolute Gasteiger partial charge is 0.408 e. The minimum absolute atomic E-state index is 0.247. The minimum Gasteiger partial charge on any atom is -0.467 e. The van der Waals surface area contributed by atoms with Crippen molar-refractivity contribution in [3.63, 3.8) is 0 Å². The number of carbonyl (C=O) groups excluding carboxylic acids is 4. The maximum atomic E-state index is 12.5. The van der Waals surface area contributed by atoms with E-state index in [-0.39, 0.29) is 6.42 Å². The standard InChI is InChI=1S/C21H31N3O6/c1-13(22-17(25)14(2)23-20(28)30-21(3,4)5)18(26)24-16(19(27)29-6)12-15-10-8-7-9-11-15/h7-11,13-14,16H,12H2,1-6H3,(H,22,25)(H,23,28)(H,24,26)/t13?,14-,16-/m0/s1. The zero-order valence-electron chi connectivity index (χ0n) is 18.3. The van der Waals surface area contributed by atoms with Crippen LogP contribution in [0.1, 0.15) is 40.2 Å². The van der Waals surface area contributed by atoms with Gasteiger partial charge in [-0.3, -0.25) is 9.59 Å². The highest BCUT2D eigenvalue weighted by Gasteiger charge is 2.27. The molecule has 0 spiro atoms. The van der Waals surface area contributed by atoms with Gasteiger partial charge in [0.05, 0.1) is 7.11 Å². The number of methoxy groups -OCH3 is 1. The number of esters is 1. The third-order valence-corrected chi connectivity index (χ3v) is 3.96. The van der Waals surface area contributed by atoms with Gasteiger partial charge < -0.3 is 25.4 Å². The lowest BCUT2D eigenvalue weighted by molar-refractivity contribution is -0.145. The number of amides is 3. The van der Waals surface area contributed by atoms with Gasteiger partial charge in [0, 0.05) is 6.42 Å². The van der Waals surface area contributed by atoms with Gasteiger partial charge >= 0.3 is 12.1 Å². The van der Waals surface area contributed by atoms with E-state index in [0.29, 0.717) is 0 Å². The molecule has 0 aromatic heterocycles. The van der Waals surface area contributed by atoms with Crippen molar-refractivity contribution in [2.75, 3.05) is 7.11 Å². The summed E-state index contributed by atoms with van der Waals surface area (Å²) >= 11 is 0. The second-order valence-electron chi connectivity index (χ2n) is 7.87. The molecule has 9 nitrogen and oxygen atoms in total. The molecule has 0 fully saturated rings. The second kappa shape index (κ2) is 11.2. The van der Waals surface area contributed by atoms with E-state index < -0.39 is 47.6 Å². The number of rotatable bonds is 8. The summed E-state index contributed by atoms with van der Waals surface area (Å²) in [5.74, 6) is -1.72. The molecule has 0 aliphatic carbocycles. The Kier molecular flexibility index (Phi) is 9.29. The molecular formula is C21H31N3O6. The van der Waals surface area contributed by atoms with E-state index in [0.717, 1.165) is 5.56 Å². The van der Waals surface area contributed by atoms with E-state index in [1.165, 1.54) is 21.0 Å². The average molecular weight is 421 g/mol. The molecule has 0 heterocycles. The van der Waals surface area contributed by atoms with Crippen LogP contribution >= 0.6 is 0 Å². The molecule has 3 atom stereocenters. The third-order valence-electron chi connectivity index (χ3n) is 3.96. The molecule has 0 radical (unpaired) electrons. The number of alkyl carbamates (subject to hydrolysis) is 1. The predicted octanol–water partition coefficient (Wildman–Crippen LogP) is 1.30. The molecule has 0 saturated heterocycles. The lowest BCUT2D eigenvalue weighted by Crippen LogP contribution is -2.54. The van der Waals surface area contributed by atoms with E-state index in [9.17, 15) is 19.2 Å². The van der Waals surface area contributed by atoms with Gasteiger partial charge in [-0.25, -0.2) is 9.59 Å². The molecule has 0 aliphatic rings. The first kappa shape index (κ1) is 24.9. The van der Waals surface area contributed by atoms with Crippen LogP contribution in [0.25, 0.3) is 0 Å². The average Bonchev–Trinajstić information content (AvgIpc) is 2.65. The molecule has 3 amide bonds. The Morgan fingerprint density at radius 3 is 1.97 bits per heavy atom. The van der Waals surface area contributed by atoms with Gasteiger partial charge in [0.25, 0.3) is 0 Å². The molecule has 0 saturated carbocycles. The summed E-state index contributed by atoms with van der Waals surface area (Å²) in [5, 5.41) is 7.49. The summed E-state index contributed by atoms with van der Waals surface area (Å²) < 4.78 is 9.86. The molecule has 0 bridgehead atoms. The third kappa shape index (κ3) is 8.93. The van der Waals surface area contributed by atoms with Gasteiger partial charge in [-0.1, -0.05) is 30.3 Å². The fourth-order valence-electron chi connectivity index (χ4n) is 2.44. The summed E-state index contributed by atoms with van der Waals surface area (Å²) in [4.78, 5) is 48.6. The fourth-order valence-corrected chi connectivity index (χ4v) is 2.44. The molecule has 3 N–H and O–H groups in total. The van der Waals surface area contributed by atoms with Crippen molar-refractivity contribution in [3.8, 4) is 0 Å². The summed E-state index contributed by atoms with van der Waals surface area (Å²) in [6.07, 6.45) is -0.493. The number of nitrogens with one attached hydrogen (secondary N) is 3. The van der Waals surface area contributed by atoms with Gasteiger partial charge in [-0.2, -0.15) is 0 Å². The van der Waals surface area contributed by atoms with Crippen LogP contribution in [0.4, 0.5) is 4.79 Å². The van der Waals surface area contributed by atoms with Crippen LogP contribution < -0.4 is 16.0 Å². The van der Waals surface area contributed by atoms with Crippen LogP contribution in [0, 0.1) is 0 Å². The first-order valence-electron chi connectivity index (χ1n) is 9.65. The van der Waals surface area contributed by atoms with E-state index in [4.69, 9.17) is 9.47 Å². The second-order valence-corrected chi connectivity index (χ2v) is 7.87. The summed E-state index contributed by atoms with van der Waals surface area (Å²) in [6, 6.07) is 6.40. The Morgan fingerprint density at radius 1 is 0.900 bits per heavy atom. The minimum atomic E-state index is -0.941. The van der Waals surface area contributed by atoms with Gasteiger partial charge in [-0.05, 0) is 40.2 Å². The van der Waals surface area contributed by atoms with Crippen molar-refractivity contribution in [1.29, 1.82) is 0 Å². The monoisotopic (exact) mass is 421 g/mol. The molecule has 166 valence electrons. The lowest BCUT2D eigenvalue weighted by Gasteiger charge is -2.23. The molecule has 0 aliphatic heterocycles. The number of benzene rings is 1. The SMILES string of the molecule is COC(=O)[C@H](Cc1ccccc1)NC(=O)C(C)NC(=O)[C@H](C)NC(=O)OC(C)(C)C. The van der Waals surface area contributed by atoms with E-state index in [1.807, 2.05) is 30.3 Å². The van der Waals surface area contributed by atoms with E-state index in [2.05, 4.69) is 16.0 Å². The number of hydrogen-bond acceptors (Lipinski definition) is 6. The quantitative estimate of drug-likeness (QED) is 0.544. The number of carbonyl (C=O) groups is 4. The first-order chi connectivity index (χ1) is 13.9. The molecule has 9 heteroatoms. The number of hydrogen-bond donors (Lipinski definition) is 3. The molecule has 1 unspecified atom stereocenters. The van der Waals surface area contributed by atoms with E-state index >= 15 is 0 Å². The number of ether oxygens (including phenoxy) is 2. The summed E-state index contributed by atoms with van der Waals surface area (Å²) in [5.41, 5.74) is 0.148. The summed E-state index contributed by atoms with van der Waals surface area (Å²) in [6.45, 7) is 8.06. The molecule has 30 heavy (non-hydrogen) atoms. The van der Waals surface area contributed by atoms with E-state index in [1.54, 1.807) is 20.8 Å². The Bertz CT molecular complexity index is 745. The zero-order valence-corrected chi connectivity index (χ0v) is 18.3. The van der Waals surface area contributed by atoms with Crippen LogP contribution in [-0.4, -0.2) is 54.7 Å². The largest absolute Gasteiger partial charge is 0.467 e. The van der Waals surface area contributed by atoms with Crippen LogP contribution in [0.5, 0.6) is 0 Å². The first-order valence-corrected chi connectivity index (χ1v) is 9.65. The lowest BCUT2D eigenvalue weighted by atomic mass is 10.1.